The molecule has 1 aromatic carbocycles. The molecule has 0 spiro atoms. The van der Waals surface area contributed by atoms with Gasteiger partial charge in [-0.1, -0.05) is 29.8 Å². The van der Waals surface area contributed by atoms with Gasteiger partial charge in [-0.3, -0.25) is 4.79 Å². The molecule has 1 aliphatic carbocycles. The van der Waals surface area contributed by atoms with Gasteiger partial charge in [-0.25, -0.2) is 0 Å². The molecule has 13 heavy (non-hydrogen) atoms. The van der Waals surface area contributed by atoms with E-state index in [1.165, 1.54) is 11.1 Å². The lowest BCUT2D eigenvalue weighted by molar-refractivity contribution is -0.109. The van der Waals surface area contributed by atoms with Crippen molar-refractivity contribution in [2.24, 2.45) is 0 Å². The molecule has 2 nitrogen and oxygen atoms in total. The zero-order valence-corrected chi connectivity index (χ0v) is 7.66. The summed E-state index contributed by atoms with van der Waals surface area (Å²) in [6.45, 7) is 2.08. The molecule has 0 aliphatic heterocycles. The van der Waals surface area contributed by atoms with E-state index in [0.29, 0.717) is 12.0 Å². The number of hydrogen-bond acceptors (Lipinski definition) is 1. The van der Waals surface area contributed by atoms with Crippen molar-refractivity contribution in [3.8, 4) is 0 Å². The normalized spacial score (nSPS) is 25.3. The van der Waals surface area contributed by atoms with Crippen LogP contribution in [0, 0.1) is 6.92 Å². The van der Waals surface area contributed by atoms with Crippen molar-refractivity contribution in [2.75, 3.05) is 0 Å². The highest BCUT2D eigenvalue weighted by molar-refractivity contribution is 5.49. The molecule has 0 heterocycles. The maximum atomic E-state index is 10.2. The fraction of sp³-hybridized carbons (Fsp3) is 0.364. The number of carbonyl (C=O) groups excluding carboxylic acids is 1. The average molecular weight is 175 g/mol. The molecule has 1 amide bonds. The summed E-state index contributed by atoms with van der Waals surface area (Å²) in [5, 5.41) is 2.80. The Labute approximate surface area is 78.0 Å². The quantitative estimate of drug-likeness (QED) is 0.694. The number of hydrogen-bond donors (Lipinski definition) is 1. The summed E-state index contributed by atoms with van der Waals surface area (Å²) >= 11 is 0. The Morgan fingerprint density at radius 2 is 2.08 bits per heavy atom. The smallest absolute Gasteiger partial charge is 0.207 e. The Morgan fingerprint density at radius 1 is 1.38 bits per heavy atom. The maximum absolute atomic E-state index is 10.2. The topological polar surface area (TPSA) is 29.1 Å². The van der Waals surface area contributed by atoms with E-state index in [9.17, 15) is 4.79 Å². The lowest BCUT2D eigenvalue weighted by Crippen LogP contribution is -2.14. The van der Waals surface area contributed by atoms with Crippen molar-refractivity contribution in [2.45, 2.75) is 25.3 Å². The molecule has 1 saturated carbocycles. The molecule has 0 bridgehead atoms. The predicted octanol–water partition coefficient (Wildman–Crippen LogP) is 1.60. The van der Waals surface area contributed by atoms with E-state index >= 15 is 0 Å². The van der Waals surface area contributed by atoms with Crippen LogP contribution in [0.2, 0.25) is 0 Å². The van der Waals surface area contributed by atoms with Crippen LogP contribution in [-0.2, 0) is 4.79 Å². The predicted molar refractivity (Wildman–Crippen MR) is 51.5 cm³/mol. The van der Waals surface area contributed by atoms with Crippen LogP contribution < -0.4 is 5.32 Å². The molecule has 1 aromatic rings. The largest absolute Gasteiger partial charge is 0.355 e. The van der Waals surface area contributed by atoms with Crippen molar-refractivity contribution in [3.63, 3.8) is 0 Å². The molecule has 1 unspecified atom stereocenters. The number of nitrogens with one attached hydrogen (secondary N) is 1. The highest BCUT2D eigenvalue weighted by Crippen LogP contribution is 2.40. The van der Waals surface area contributed by atoms with Gasteiger partial charge >= 0.3 is 0 Å². The third-order valence-electron chi connectivity index (χ3n) is 2.58. The highest BCUT2D eigenvalue weighted by atomic mass is 16.1. The molecule has 1 aliphatic rings. The number of rotatable bonds is 3. The number of amides is 1. The Kier molecular flexibility index (Phi) is 2.05. The Balaban J connectivity index is 2.03. The van der Waals surface area contributed by atoms with Gasteiger partial charge in [-0.2, -0.15) is 0 Å². The second-order valence-electron chi connectivity index (χ2n) is 3.64. The molecule has 1 fully saturated rings. The third kappa shape index (κ3) is 1.72. The van der Waals surface area contributed by atoms with Crippen LogP contribution in [0.15, 0.2) is 24.3 Å². The van der Waals surface area contributed by atoms with Gasteiger partial charge < -0.3 is 5.32 Å². The molecule has 1 N–H and O–H groups in total. The molecular weight excluding hydrogens is 162 g/mol. The lowest BCUT2D eigenvalue weighted by atomic mass is 10.1. The van der Waals surface area contributed by atoms with Crippen molar-refractivity contribution >= 4 is 6.41 Å². The second-order valence-corrected chi connectivity index (χ2v) is 3.64. The van der Waals surface area contributed by atoms with Gasteiger partial charge in [0, 0.05) is 12.0 Å². The van der Waals surface area contributed by atoms with E-state index in [4.69, 9.17) is 0 Å². The summed E-state index contributed by atoms with van der Waals surface area (Å²) in [7, 11) is 0. The SMILES string of the molecule is Cc1ccc([C@H]2CC2NC=O)cc1. The van der Waals surface area contributed by atoms with E-state index in [1.807, 2.05) is 0 Å². The summed E-state index contributed by atoms with van der Waals surface area (Å²) in [6.07, 6.45) is 1.88. The molecular formula is C11H13NO. The lowest BCUT2D eigenvalue weighted by Gasteiger charge is -1.99. The van der Waals surface area contributed by atoms with Crippen molar-refractivity contribution in [1.29, 1.82) is 0 Å². The van der Waals surface area contributed by atoms with Crippen LogP contribution in [0.3, 0.4) is 0 Å². The van der Waals surface area contributed by atoms with Crippen LogP contribution in [0.1, 0.15) is 23.5 Å². The third-order valence-corrected chi connectivity index (χ3v) is 2.58. The molecule has 2 rings (SSSR count). The fourth-order valence-corrected chi connectivity index (χ4v) is 1.65. The Bertz CT molecular complexity index is 304. The molecule has 0 radical (unpaired) electrons. The monoisotopic (exact) mass is 175 g/mol. The number of carbonyl (C=O) groups is 1. The minimum absolute atomic E-state index is 0.375. The van der Waals surface area contributed by atoms with Gasteiger partial charge in [0.15, 0.2) is 0 Å². The summed E-state index contributed by atoms with van der Waals surface area (Å²) in [6, 6.07) is 8.90. The number of aryl methyl sites for hydroxylation is 1. The van der Waals surface area contributed by atoms with Gasteiger partial charge in [0.05, 0.1) is 0 Å². The van der Waals surface area contributed by atoms with Crippen LogP contribution in [-0.4, -0.2) is 12.5 Å². The first kappa shape index (κ1) is 8.30. The molecule has 0 aromatic heterocycles. The van der Waals surface area contributed by atoms with E-state index < -0.39 is 0 Å². The standard InChI is InChI=1S/C11H13NO/c1-8-2-4-9(5-3-8)10-6-11(10)12-7-13/h2-5,7,10-11H,6H2,1H3,(H,12,13)/t10-,11?/m1/s1. The van der Waals surface area contributed by atoms with E-state index in [2.05, 4.69) is 36.5 Å². The summed E-state index contributed by atoms with van der Waals surface area (Å²) in [4.78, 5) is 10.2. The van der Waals surface area contributed by atoms with Crippen molar-refractivity contribution < 1.29 is 4.79 Å². The van der Waals surface area contributed by atoms with Gasteiger partial charge in [-0.05, 0) is 18.9 Å². The highest BCUT2D eigenvalue weighted by Gasteiger charge is 2.37. The van der Waals surface area contributed by atoms with Crippen LogP contribution in [0.5, 0.6) is 0 Å². The zero-order chi connectivity index (χ0) is 9.26. The molecule has 68 valence electrons. The molecule has 0 saturated heterocycles. The minimum atomic E-state index is 0.375. The minimum Gasteiger partial charge on any atom is -0.355 e. The first-order chi connectivity index (χ1) is 6.31. The summed E-state index contributed by atoms with van der Waals surface area (Å²) in [5.74, 6) is 0.547. The second kappa shape index (κ2) is 3.21. The fourth-order valence-electron chi connectivity index (χ4n) is 1.65. The molecule has 2 atom stereocenters. The van der Waals surface area contributed by atoms with Crippen LogP contribution >= 0.6 is 0 Å². The van der Waals surface area contributed by atoms with Crippen molar-refractivity contribution in [1.82, 2.24) is 5.32 Å². The van der Waals surface area contributed by atoms with E-state index in [1.54, 1.807) is 0 Å². The van der Waals surface area contributed by atoms with E-state index in [0.717, 1.165) is 12.8 Å². The summed E-state index contributed by atoms with van der Waals surface area (Å²) in [5.41, 5.74) is 2.62. The Hall–Kier alpha value is -1.31. The number of benzene rings is 1. The molecule has 2 heteroatoms. The van der Waals surface area contributed by atoms with Gasteiger partial charge in [0.2, 0.25) is 6.41 Å². The maximum Gasteiger partial charge on any atom is 0.207 e. The van der Waals surface area contributed by atoms with Crippen molar-refractivity contribution in [3.05, 3.63) is 35.4 Å². The first-order valence-corrected chi connectivity index (χ1v) is 4.57. The zero-order valence-electron chi connectivity index (χ0n) is 7.66. The van der Waals surface area contributed by atoms with Gasteiger partial charge in [-0.15, -0.1) is 0 Å². The van der Waals surface area contributed by atoms with Gasteiger partial charge in [0.1, 0.15) is 0 Å². The average Bonchev–Trinajstić information content (AvgIpc) is 2.86. The van der Waals surface area contributed by atoms with Crippen LogP contribution in [0.4, 0.5) is 0 Å². The Morgan fingerprint density at radius 3 is 2.69 bits per heavy atom. The van der Waals surface area contributed by atoms with Gasteiger partial charge in [0.25, 0.3) is 0 Å². The summed E-state index contributed by atoms with van der Waals surface area (Å²) < 4.78 is 0. The first-order valence-electron chi connectivity index (χ1n) is 4.57. The van der Waals surface area contributed by atoms with Crippen LogP contribution in [0.25, 0.3) is 0 Å². The van der Waals surface area contributed by atoms with E-state index in [-0.39, 0.29) is 0 Å².